The lowest BCUT2D eigenvalue weighted by Gasteiger charge is -2.42. The molecule has 0 amide bonds. The first-order valence-corrected chi connectivity index (χ1v) is 12.6. The SMILES string of the molecule is CC(=O)c1cc(CN(Cc2ccncc2)CC2CCN(C3CCN(C)CC3)CC2)cs1. The highest BCUT2D eigenvalue weighted by molar-refractivity contribution is 7.12. The van der Waals surface area contributed by atoms with Gasteiger partial charge >= 0.3 is 0 Å². The molecule has 2 aliphatic heterocycles. The molecule has 0 atom stereocenters. The number of likely N-dealkylation sites (tertiary alicyclic amines) is 2. The number of aromatic nitrogens is 1. The molecule has 0 bridgehead atoms. The molecule has 0 saturated carbocycles. The second kappa shape index (κ2) is 10.8. The monoisotopic (exact) mass is 440 g/mol. The van der Waals surface area contributed by atoms with Crippen LogP contribution in [-0.2, 0) is 13.1 Å². The average Bonchev–Trinajstić information content (AvgIpc) is 3.24. The lowest BCUT2D eigenvalue weighted by molar-refractivity contribution is 0.0728. The van der Waals surface area contributed by atoms with E-state index in [-0.39, 0.29) is 5.78 Å². The van der Waals surface area contributed by atoms with Crippen LogP contribution in [0.3, 0.4) is 0 Å². The second-order valence-corrected chi connectivity index (χ2v) is 10.3. The highest BCUT2D eigenvalue weighted by atomic mass is 32.1. The fourth-order valence-corrected chi connectivity index (χ4v) is 5.86. The molecule has 4 rings (SSSR count). The van der Waals surface area contributed by atoms with Crippen LogP contribution in [0.15, 0.2) is 36.0 Å². The smallest absolute Gasteiger partial charge is 0.169 e. The molecule has 2 aliphatic rings. The zero-order chi connectivity index (χ0) is 21.6. The van der Waals surface area contributed by atoms with E-state index < -0.39 is 0 Å². The Hall–Kier alpha value is -1.60. The summed E-state index contributed by atoms with van der Waals surface area (Å²) in [7, 11) is 2.24. The van der Waals surface area contributed by atoms with Gasteiger partial charge in [0, 0.05) is 38.1 Å². The summed E-state index contributed by atoms with van der Waals surface area (Å²) in [5, 5.41) is 2.15. The number of hydrogen-bond donors (Lipinski definition) is 0. The number of pyridine rings is 1. The topological polar surface area (TPSA) is 39.7 Å². The van der Waals surface area contributed by atoms with Gasteiger partial charge in [0.2, 0.25) is 0 Å². The Morgan fingerprint density at radius 3 is 2.39 bits per heavy atom. The van der Waals surface area contributed by atoms with Crippen molar-refractivity contribution in [1.29, 1.82) is 0 Å². The molecule has 2 saturated heterocycles. The number of hydrogen-bond acceptors (Lipinski definition) is 6. The van der Waals surface area contributed by atoms with Crippen LogP contribution in [0.5, 0.6) is 0 Å². The Balaban J connectivity index is 1.34. The standard InChI is InChI=1S/C25H36N4OS/c1-20(30)25-15-23(19-31-25)18-28(16-21-3-9-26-10-4-21)17-22-5-13-29(14-6-22)24-7-11-27(2)12-8-24/h3-4,9-10,15,19,22,24H,5-8,11-14,16-18H2,1-2H3. The van der Waals surface area contributed by atoms with Gasteiger partial charge in [0.15, 0.2) is 5.78 Å². The molecule has 0 N–H and O–H groups in total. The molecule has 0 aromatic carbocycles. The van der Waals surface area contributed by atoms with Crippen LogP contribution in [0.2, 0.25) is 0 Å². The number of Topliss-reactive ketones (excluding diaryl/α,β-unsaturated/α-hetero) is 1. The number of rotatable bonds is 8. The Labute approximate surface area is 191 Å². The van der Waals surface area contributed by atoms with E-state index in [1.54, 1.807) is 18.3 Å². The summed E-state index contributed by atoms with van der Waals surface area (Å²) in [6, 6.07) is 7.10. The van der Waals surface area contributed by atoms with Crippen LogP contribution in [0, 0.1) is 5.92 Å². The van der Waals surface area contributed by atoms with Gasteiger partial charge in [-0.1, -0.05) is 0 Å². The van der Waals surface area contributed by atoms with Crippen molar-refractivity contribution >= 4 is 17.1 Å². The lowest BCUT2D eigenvalue weighted by Crippen LogP contribution is -2.47. The van der Waals surface area contributed by atoms with Crippen LogP contribution >= 0.6 is 11.3 Å². The Morgan fingerprint density at radius 2 is 1.74 bits per heavy atom. The molecular weight excluding hydrogens is 404 g/mol. The van der Waals surface area contributed by atoms with Crippen LogP contribution in [0.25, 0.3) is 0 Å². The van der Waals surface area contributed by atoms with Crippen LogP contribution in [0.4, 0.5) is 0 Å². The van der Waals surface area contributed by atoms with E-state index in [4.69, 9.17) is 0 Å². The predicted octanol–water partition coefficient (Wildman–Crippen LogP) is 4.15. The van der Waals surface area contributed by atoms with Crippen molar-refractivity contribution in [3.63, 3.8) is 0 Å². The molecule has 2 fully saturated rings. The van der Waals surface area contributed by atoms with E-state index in [1.165, 1.54) is 63.0 Å². The molecule has 2 aromatic heterocycles. The summed E-state index contributed by atoms with van der Waals surface area (Å²) < 4.78 is 0. The number of ketones is 1. The summed E-state index contributed by atoms with van der Waals surface area (Å²) in [5.41, 5.74) is 2.56. The second-order valence-electron chi connectivity index (χ2n) is 9.41. The molecule has 168 valence electrons. The van der Waals surface area contributed by atoms with Crippen LogP contribution in [0.1, 0.15) is 53.4 Å². The molecule has 2 aromatic rings. The van der Waals surface area contributed by atoms with Crippen molar-refractivity contribution in [1.82, 2.24) is 19.7 Å². The zero-order valence-corrected chi connectivity index (χ0v) is 19.8. The number of nitrogens with zero attached hydrogens (tertiary/aromatic N) is 4. The van der Waals surface area contributed by atoms with Crippen molar-refractivity contribution in [3.05, 3.63) is 52.0 Å². The van der Waals surface area contributed by atoms with E-state index in [0.29, 0.717) is 0 Å². The molecule has 0 spiro atoms. The molecule has 5 nitrogen and oxygen atoms in total. The first-order valence-electron chi connectivity index (χ1n) is 11.7. The maximum absolute atomic E-state index is 11.7. The summed E-state index contributed by atoms with van der Waals surface area (Å²) in [6.45, 7) is 9.59. The van der Waals surface area contributed by atoms with Gasteiger partial charge in [0.1, 0.15) is 0 Å². The minimum atomic E-state index is 0.165. The number of piperidine rings is 2. The van der Waals surface area contributed by atoms with Gasteiger partial charge in [-0.25, -0.2) is 0 Å². The van der Waals surface area contributed by atoms with Crippen molar-refractivity contribution in [2.75, 3.05) is 39.8 Å². The van der Waals surface area contributed by atoms with Gasteiger partial charge in [-0.3, -0.25) is 14.7 Å². The third-order valence-corrected chi connectivity index (χ3v) is 8.01. The van der Waals surface area contributed by atoms with Gasteiger partial charge in [-0.2, -0.15) is 0 Å². The minimum absolute atomic E-state index is 0.165. The molecule has 4 heterocycles. The quantitative estimate of drug-likeness (QED) is 0.577. The maximum atomic E-state index is 11.7. The van der Waals surface area contributed by atoms with Gasteiger partial charge in [-0.05, 0) is 106 Å². The van der Waals surface area contributed by atoms with Crippen molar-refractivity contribution in [2.45, 2.75) is 51.7 Å². The van der Waals surface area contributed by atoms with Crippen LogP contribution in [-0.4, -0.2) is 71.3 Å². The highest BCUT2D eigenvalue weighted by Gasteiger charge is 2.28. The normalized spacial score (nSPS) is 19.8. The largest absolute Gasteiger partial charge is 0.306 e. The van der Waals surface area contributed by atoms with Gasteiger partial charge in [0.05, 0.1) is 4.88 Å². The summed E-state index contributed by atoms with van der Waals surface area (Å²) >= 11 is 1.57. The Bertz CT molecular complexity index is 823. The molecule has 6 heteroatoms. The number of carbonyl (C=O) groups is 1. The fourth-order valence-electron chi connectivity index (χ4n) is 5.06. The van der Waals surface area contributed by atoms with Crippen LogP contribution < -0.4 is 0 Å². The Morgan fingerprint density at radius 1 is 1.06 bits per heavy atom. The third-order valence-electron chi connectivity index (χ3n) is 6.93. The van der Waals surface area contributed by atoms with Gasteiger partial charge < -0.3 is 9.80 Å². The van der Waals surface area contributed by atoms with E-state index in [0.717, 1.165) is 36.5 Å². The predicted molar refractivity (Wildman–Crippen MR) is 127 cm³/mol. The Kier molecular flexibility index (Phi) is 7.88. The maximum Gasteiger partial charge on any atom is 0.169 e. The van der Waals surface area contributed by atoms with Gasteiger partial charge in [0.25, 0.3) is 0 Å². The molecule has 31 heavy (non-hydrogen) atoms. The summed E-state index contributed by atoms with van der Waals surface area (Å²) in [4.78, 5) is 24.5. The number of carbonyl (C=O) groups excluding carboxylic acids is 1. The highest BCUT2D eigenvalue weighted by Crippen LogP contribution is 2.26. The molecule has 0 aliphatic carbocycles. The van der Waals surface area contributed by atoms with E-state index >= 15 is 0 Å². The van der Waals surface area contributed by atoms with Crippen molar-refractivity contribution in [3.8, 4) is 0 Å². The zero-order valence-electron chi connectivity index (χ0n) is 19.0. The lowest BCUT2D eigenvalue weighted by atomic mass is 9.93. The first kappa shape index (κ1) is 22.6. The van der Waals surface area contributed by atoms with Gasteiger partial charge in [-0.15, -0.1) is 11.3 Å². The van der Waals surface area contributed by atoms with E-state index in [1.807, 2.05) is 12.4 Å². The average molecular weight is 441 g/mol. The number of thiophene rings is 1. The summed E-state index contributed by atoms with van der Waals surface area (Å²) in [5.74, 6) is 0.911. The minimum Gasteiger partial charge on any atom is -0.306 e. The van der Waals surface area contributed by atoms with Crippen molar-refractivity contribution < 1.29 is 4.79 Å². The molecule has 0 radical (unpaired) electrons. The first-order chi connectivity index (χ1) is 15.1. The van der Waals surface area contributed by atoms with E-state index in [2.05, 4.69) is 50.3 Å². The molecule has 0 unspecified atom stereocenters. The van der Waals surface area contributed by atoms with E-state index in [9.17, 15) is 4.79 Å². The van der Waals surface area contributed by atoms with Crippen molar-refractivity contribution in [2.24, 2.45) is 5.92 Å². The fraction of sp³-hybridized carbons (Fsp3) is 0.600. The summed E-state index contributed by atoms with van der Waals surface area (Å²) in [6.07, 6.45) is 9.00. The third kappa shape index (κ3) is 6.45. The molecular formula is C25H36N4OS.